The van der Waals surface area contributed by atoms with Gasteiger partial charge in [0.25, 0.3) is 0 Å². The molecule has 4 nitrogen and oxygen atoms in total. The predicted octanol–water partition coefficient (Wildman–Crippen LogP) is 1.26. The first kappa shape index (κ1) is 11.2. The molecule has 1 aliphatic heterocycles. The molecule has 0 aromatic carbocycles. The SMILES string of the molecule is COC(=O)C(C)=C[C@H]1COC(C)(C)O1. The van der Waals surface area contributed by atoms with Gasteiger partial charge < -0.3 is 14.2 Å². The smallest absolute Gasteiger partial charge is 0.333 e. The second-order valence-corrected chi connectivity index (χ2v) is 3.71. The van der Waals surface area contributed by atoms with Crippen molar-refractivity contribution in [1.29, 1.82) is 0 Å². The van der Waals surface area contributed by atoms with Crippen molar-refractivity contribution in [2.24, 2.45) is 0 Å². The van der Waals surface area contributed by atoms with Crippen LogP contribution in [-0.2, 0) is 19.0 Å². The molecule has 0 spiro atoms. The monoisotopic (exact) mass is 200 g/mol. The van der Waals surface area contributed by atoms with Gasteiger partial charge in [-0.25, -0.2) is 4.79 Å². The molecule has 1 rings (SSSR count). The van der Waals surface area contributed by atoms with E-state index in [1.54, 1.807) is 13.0 Å². The molecule has 4 heteroatoms. The Labute approximate surface area is 83.8 Å². The second kappa shape index (κ2) is 4.11. The van der Waals surface area contributed by atoms with Gasteiger partial charge in [-0.1, -0.05) is 0 Å². The van der Waals surface area contributed by atoms with E-state index in [4.69, 9.17) is 9.47 Å². The summed E-state index contributed by atoms with van der Waals surface area (Å²) in [7, 11) is 1.36. The van der Waals surface area contributed by atoms with Crippen LogP contribution in [0.4, 0.5) is 0 Å². The van der Waals surface area contributed by atoms with Crippen molar-refractivity contribution in [2.75, 3.05) is 13.7 Å². The van der Waals surface area contributed by atoms with Crippen LogP contribution in [0.15, 0.2) is 11.6 Å². The van der Waals surface area contributed by atoms with Crippen LogP contribution < -0.4 is 0 Å². The molecule has 0 N–H and O–H groups in total. The summed E-state index contributed by atoms with van der Waals surface area (Å²) in [5.74, 6) is -0.893. The fourth-order valence-electron chi connectivity index (χ4n) is 1.31. The molecule has 0 aromatic heterocycles. The Morgan fingerprint density at radius 1 is 1.57 bits per heavy atom. The largest absolute Gasteiger partial charge is 0.466 e. The molecule has 80 valence electrons. The maximum atomic E-state index is 11.1. The van der Waals surface area contributed by atoms with E-state index < -0.39 is 5.79 Å². The molecule has 0 saturated carbocycles. The van der Waals surface area contributed by atoms with Crippen molar-refractivity contribution in [3.63, 3.8) is 0 Å². The van der Waals surface area contributed by atoms with Crippen molar-refractivity contribution in [2.45, 2.75) is 32.7 Å². The zero-order valence-electron chi connectivity index (χ0n) is 8.99. The van der Waals surface area contributed by atoms with Crippen LogP contribution in [0.3, 0.4) is 0 Å². The van der Waals surface area contributed by atoms with Crippen LogP contribution in [-0.4, -0.2) is 31.6 Å². The maximum Gasteiger partial charge on any atom is 0.333 e. The Hall–Kier alpha value is -0.870. The van der Waals surface area contributed by atoms with Gasteiger partial charge in [0, 0.05) is 5.57 Å². The normalized spacial score (nSPS) is 26.3. The van der Waals surface area contributed by atoms with Crippen LogP contribution in [0, 0.1) is 0 Å². The lowest BCUT2D eigenvalue weighted by Crippen LogP contribution is -2.21. The van der Waals surface area contributed by atoms with Gasteiger partial charge in [-0.2, -0.15) is 0 Å². The summed E-state index contributed by atoms with van der Waals surface area (Å²) in [6.07, 6.45) is 1.56. The molecular weight excluding hydrogens is 184 g/mol. The van der Waals surface area contributed by atoms with E-state index in [1.807, 2.05) is 13.8 Å². The first-order valence-electron chi connectivity index (χ1n) is 4.53. The van der Waals surface area contributed by atoms with Gasteiger partial charge in [0.2, 0.25) is 0 Å². The molecule has 0 bridgehead atoms. The first-order chi connectivity index (χ1) is 6.44. The lowest BCUT2D eigenvalue weighted by Gasteiger charge is -2.15. The van der Waals surface area contributed by atoms with Crippen LogP contribution in [0.2, 0.25) is 0 Å². The number of esters is 1. The highest BCUT2D eigenvalue weighted by molar-refractivity contribution is 5.87. The summed E-state index contributed by atoms with van der Waals surface area (Å²) in [5, 5.41) is 0. The van der Waals surface area contributed by atoms with Crippen molar-refractivity contribution in [1.82, 2.24) is 0 Å². The number of hydrogen-bond donors (Lipinski definition) is 0. The van der Waals surface area contributed by atoms with E-state index in [0.29, 0.717) is 12.2 Å². The molecule has 1 saturated heterocycles. The van der Waals surface area contributed by atoms with E-state index in [9.17, 15) is 4.79 Å². The molecule has 1 aliphatic rings. The summed E-state index contributed by atoms with van der Waals surface area (Å²) in [6.45, 7) is 5.85. The zero-order valence-corrected chi connectivity index (χ0v) is 8.99. The molecule has 0 unspecified atom stereocenters. The molecular formula is C10H16O4. The molecule has 14 heavy (non-hydrogen) atoms. The summed E-state index contributed by atoms with van der Waals surface area (Å²) in [6, 6.07) is 0. The number of carbonyl (C=O) groups excluding carboxylic acids is 1. The Kier molecular flexibility index (Phi) is 3.29. The van der Waals surface area contributed by atoms with E-state index in [1.165, 1.54) is 7.11 Å². The van der Waals surface area contributed by atoms with E-state index in [-0.39, 0.29) is 12.1 Å². The number of rotatable bonds is 2. The third-order valence-corrected chi connectivity index (χ3v) is 1.97. The number of hydrogen-bond acceptors (Lipinski definition) is 4. The van der Waals surface area contributed by atoms with Gasteiger partial charge in [0.1, 0.15) is 6.10 Å². The molecule has 0 aliphatic carbocycles. The molecule has 0 aromatic rings. The van der Waals surface area contributed by atoms with Crippen molar-refractivity contribution >= 4 is 5.97 Å². The Morgan fingerprint density at radius 2 is 2.21 bits per heavy atom. The van der Waals surface area contributed by atoms with Gasteiger partial charge in [0.05, 0.1) is 13.7 Å². The minimum atomic E-state index is -0.558. The first-order valence-corrected chi connectivity index (χ1v) is 4.53. The average molecular weight is 200 g/mol. The van der Waals surface area contributed by atoms with Gasteiger partial charge in [0.15, 0.2) is 5.79 Å². The third kappa shape index (κ3) is 2.82. The highest BCUT2D eigenvalue weighted by Gasteiger charge is 2.31. The molecule has 0 amide bonds. The average Bonchev–Trinajstić information content (AvgIpc) is 2.44. The molecule has 1 atom stereocenters. The van der Waals surface area contributed by atoms with Crippen LogP contribution >= 0.6 is 0 Å². The Morgan fingerprint density at radius 3 is 2.64 bits per heavy atom. The van der Waals surface area contributed by atoms with E-state index in [2.05, 4.69) is 4.74 Å². The predicted molar refractivity (Wildman–Crippen MR) is 50.7 cm³/mol. The Bertz CT molecular complexity index is 255. The minimum Gasteiger partial charge on any atom is -0.466 e. The summed E-state index contributed by atoms with van der Waals surface area (Å²) in [4.78, 5) is 11.1. The molecule has 1 heterocycles. The standard InChI is InChI=1S/C10H16O4/c1-7(9(11)12-4)5-8-6-13-10(2,3)14-8/h5,8H,6H2,1-4H3/t8-/m0/s1. The summed E-state index contributed by atoms with van der Waals surface area (Å²) in [5.41, 5.74) is 0.541. The van der Waals surface area contributed by atoms with Crippen LogP contribution in [0.25, 0.3) is 0 Å². The lowest BCUT2D eigenvalue weighted by molar-refractivity contribution is -0.137. The highest BCUT2D eigenvalue weighted by atomic mass is 16.7. The van der Waals surface area contributed by atoms with Gasteiger partial charge in [-0.05, 0) is 26.8 Å². The molecule has 0 radical (unpaired) electrons. The number of methoxy groups -OCH3 is 1. The quantitative estimate of drug-likeness (QED) is 0.497. The fraction of sp³-hybridized carbons (Fsp3) is 0.700. The number of carbonyl (C=O) groups is 1. The maximum absolute atomic E-state index is 11.1. The second-order valence-electron chi connectivity index (χ2n) is 3.71. The van der Waals surface area contributed by atoms with E-state index >= 15 is 0 Å². The fourth-order valence-corrected chi connectivity index (χ4v) is 1.31. The minimum absolute atomic E-state index is 0.163. The van der Waals surface area contributed by atoms with Crippen molar-refractivity contribution < 1.29 is 19.0 Å². The topological polar surface area (TPSA) is 44.8 Å². The van der Waals surface area contributed by atoms with Gasteiger partial charge in [-0.15, -0.1) is 0 Å². The van der Waals surface area contributed by atoms with Crippen LogP contribution in [0.1, 0.15) is 20.8 Å². The van der Waals surface area contributed by atoms with Crippen molar-refractivity contribution in [3.8, 4) is 0 Å². The van der Waals surface area contributed by atoms with Crippen molar-refractivity contribution in [3.05, 3.63) is 11.6 Å². The van der Waals surface area contributed by atoms with Gasteiger partial charge >= 0.3 is 5.97 Å². The Balaban J connectivity index is 2.57. The van der Waals surface area contributed by atoms with Crippen LogP contribution in [0.5, 0.6) is 0 Å². The highest BCUT2D eigenvalue weighted by Crippen LogP contribution is 2.23. The van der Waals surface area contributed by atoms with Gasteiger partial charge in [-0.3, -0.25) is 0 Å². The third-order valence-electron chi connectivity index (χ3n) is 1.97. The summed E-state index contributed by atoms with van der Waals surface area (Å²) >= 11 is 0. The molecule has 1 fully saturated rings. The van der Waals surface area contributed by atoms with E-state index in [0.717, 1.165) is 0 Å². The summed E-state index contributed by atoms with van der Waals surface area (Å²) < 4.78 is 15.4. The zero-order chi connectivity index (χ0) is 10.8. The number of ether oxygens (including phenoxy) is 3. The lowest BCUT2D eigenvalue weighted by atomic mass is 10.2.